The van der Waals surface area contributed by atoms with Gasteiger partial charge in [0.25, 0.3) is 0 Å². The lowest BCUT2D eigenvalue weighted by Gasteiger charge is -2.04. The van der Waals surface area contributed by atoms with Crippen LogP contribution in [0.2, 0.25) is 0 Å². The normalized spacial score (nSPS) is 9.33. The molecule has 4 nitrogen and oxygen atoms in total. The summed E-state index contributed by atoms with van der Waals surface area (Å²) in [5, 5.41) is 17.0. The quantitative estimate of drug-likeness (QED) is 0.649. The fourth-order valence-corrected chi connectivity index (χ4v) is 1.29. The largest absolute Gasteiger partial charge is 0.496 e. The molecule has 0 aromatic heterocycles. The Balaban J connectivity index is 3.07. The van der Waals surface area contributed by atoms with Gasteiger partial charge in [-0.25, -0.2) is 4.79 Å². The van der Waals surface area contributed by atoms with Crippen molar-refractivity contribution in [3.8, 4) is 23.7 Å². The number of benzene rings is 1. The van der Waals surface area contributed by atoms with Gasteiger partial charge in [-0.3, -0.25) is 0 Å². The van der Waals surface area contributed by atoms with Gasteiger partial charge in [0.05, 0.1) is 19.6 Å². The number of carbonyl (C=O) groups is 1. The van der Waals surface area contributed by atoms with Crippen LogP contribution in [0.25, 0.3) is 6.08 Å². The molecule has 1 aromatic carbocycles. The first-order valence-electron chi connectivity index (χ1n) is 5.12. The van der Waals surface area contributed by atoms with Crippen LogP contribution in [-0.4, -0.2) is 18.2 Å². The van der Waals surface area contributed by atoms with Crippen molar-refractivity contribution < 1.29 is 14.6 Å². The predicted molar refractivity (Wildman–Crippen MR) is 66.8 cm³/mol. The second-order valence-electron chi connectivity index (χ2n) is 3.26. The van der Waals surface area contributed by atoms with Crippen LogP contribution in [0.5, 0.6) is 5.75 Å². The van der Waals surface area contributed by atoms with E-state index in [1.165, 1.54) is 13.2 Å². The Labute approximate surface area is 105 Å². The SMILES string of the molecule is COc1ccc(C#CCC#N)cc1/C=C/C(=O)O. The zero-order chi connectivity index (χ0) is 13.4. The van der Waals surface area contributed by atoms with Gasteiger partial charge in [-0.1, -0.05) is 11.8 Å². The minimum absolute atomic E-state index is 0.159. The van der Waals surface area contributed by atoms with E-state index < -0.39 is 5.97 Å². The van der Waals surface area contributed by atoms with Gasteiger partial charge in [0.2, 0.25) is 0 Å². The molecule has 0 spiro atoms. The summed E-state index contributed by atoms with van der Waals surface area (Å²) in [6, 6.07) is 7.09. The maximum absolute atomic E-state index is 10.5. The summed E-state index contributed by atoms with van der Waals surface area (Å²) in [4.78, 5) is 10.5. The molecule has 0 saturated carbocycles. The predicted octanol–water partition coefficient (Wildman–Crippen LogP) is 2.06. The van der Waals surface area contributed by atoms with Gasteiger partial charge in [0, 0.05) is 17.2 Å². The smallest absolute Gasteiger partial charge is 0.328 e. The van der Waals surface area contributed by atoms with Gasteiger partial charge in [0.15, 0.2) is 0 Å². The van der Waals surface area contributed by atoms with E-state index in [1.807, 2.05) is 6.07 Å². The molecular weight excluding hydrogens is 230 g/mol. The summed E-state index contributed by atoms with van der Waals surface area (Å²) in [5.41, 5.74) is 1.33. The highest BCUT2D eigenvalue weighted by atomic mass is 16.5. The standard InChI is InChI=1S/C14H11NO3/c1-18-13-7-5-11(4-2-3-9-15)10-12(13)6-8-14(16)17/h5-8,10H,3H2,1H3,(H,16,17)/b8-6+. The van der Waals surface area contributed by atoms with Crippen molar-refractivity contribution in [2.24, 2.45) is 0 Å². The van der Waals surface area contributed by atoms with Crippen LogP contribution in [0.1, 0.15) is 17.5 Å². The third-order valence-electron chi connectivity index (χ3n) is 2.04. The van der Waals surface area contributed by atoms with Crippen LogP contribution in [0, 0.1) is 23.2 Å². The first-order valence-corrected chi connectivity index (χ1v) is 5.12. The zero-order valence-electron chi connectivity index (χ0n) is 9.80. The van der Waals surface area contributed by atoms with Gasteiger partial charge in [0.1, 0.15) is 5.75 Å². The number of ether oxygens (including phenoxy) is 1. The molecule has 0 fully saturated rings. The van der Waals surface area contributed by atoms with E-state index in [4.69, 9.17) is 15.1 Å². The Bertz CT molecular complexity index is 571. The van der Waals surface area contributed by atoms with Crippen molar-refractivity contribution in [2.75, 3.05) is 7.11 Å². The van der Waals surface area contributed by atoms with Crippen molar-refractivity contribution in [1.82, 2.24) is 0 Å². The number of aliphatic carboxylic acids is 1. The first-order chi connectivity index (χ1) is 8.67. The number of carboxylic acids is 1. The molecule has 0 aliphatic heterocycles. The summed E-state index contributed by atoms with van der Waals surface area (Å²) in [7, 11) is 1.51. The molecule has 0 heterocycles. The van der Waals surface area contributed by atoms with Crippen LogP contribution < -0.4 is 4.74 Å². The Morgan fingerprint density at radius 1 is 1.56 bits per heavy atom. The summed E-state index contributed by atoms with van der Waals surface area (Å²) < 4.78 is 5.11. The van der Waals surface area contributed by atoms with Crippen molar-refractivity contribution in [3.63, 3.8) is 0 Å². The number of nitrogens with zero attached hydrogens (tertiary/aromatic N) is 1. The van der Waals surface area contributed by atoms with E-state index >= 15 is 0 Å². The molecule has 0 aliphatic carbocycles. The first kappa shape index (κ1) is 13.3. The monoisotopic (exact) mass is 241 g/mol. The number of nitriles is 1. The van der Waals surface area contributed by atoms with E-state index in [1.54, 1.807) is 18.2 Å². The second kappa shape index (κ2) is 6.78. The molecule has 1 aromatic rings. The van der Waals surface area contributed by atoms with E-state index in [0.717, 1.165) is 6.08 Å². The third-order valence-corrected chi connectivity index (χ3v) is 2.04. The third kappa shape index (κ3) is 4.03. The molecule has 1 rings (SSSR count). The highest BCUT2D eigenvalue weighted by Crippen LogP contribution is 2.21. The molecule has 0 aliphatic rings. The molecule has 0 radical (unpaired) electrons. The summed E-state index contributed by atoms with van der Waals surface area (Å²) in [5.74, 6) is 5.04. The fraction of sp³-hybridized carbons (Fsp3) is 0.143. The minimum atomic E-state index is -1.03. The minimum Gasteiger partial charge on any atom is -0.496 e. The van der Waals surface area contributed by atoms with Crippen LogP contribution in [0.4, 0.5) is 0 Å². The molecule has 1 N–H and O–H groups in total. The van der Waals surface area contributed by atoms with Crippen LogP contribution in [0.15, 0.2) is 24.3 Å². The fourth-order valence-electron chi connectivity index (χ4n) is 1.29. The van der Waals surface area contributed by atoms with Gasteiger partial charge < -0.3 is 9.84 Å². The lowest BCUT2D eigenvalue weighted by atomic mass is 10.1. The van der Waals surface area contributed by atoms with Crippen molar-refractivity contribution in [3.05, 3.63) is 35.4 Å². The number of hydrogen-bond acceptors (Lipinski definition) is 3. The molecule has 90 valence electrons. The number of methoxy groups -OCH3 is 1. The maximum atomic E-state index is 10.5. The topological polar surface area (TPSA) is 70.3 Å². The van der Waals surface area contributed by atoms with Crippen LogP contribution in [0.3, 0.4) is 0 Å². The van der Waals surface area contributed by atoms with E-state index in [0.29, 0.717) is 16.9 Å². The van der Waals surface area contributed by atoms with E-state index in [2.05, 4.69) is 11.8 Å². The van der Waals surface area contributed by atoms with Crippen molar-refractivity contribution in [1.29, 1.82) is 5.26 Å². The molecule has 0 bridgehead atoms. The van der Waals surface area contributed by atoms with Crippen LogP contribution >= 0.6 is 0 Å². The number of rotatable bonds is 3. The maximum Gasteiger partial charge on any atom is 0.328 e. The number of carboxylic acid groups (broad SMARTS) is 1. The molecule has 0 atom stereocenters. The summed E-state index contributed by atoms with van der Waals surface area (Å²) in [6.45, 7) is 0. The summed E-state index contributed by atoms with van der Waals surface area (Å²) in [6.07, 6.45) is 2.63. The average molecular weight is 241 g/mol. The molecule has 0 unspecified atom stereocenters. The molecule has 18 heavy (non-hydrogen) atoms. The van der Waals surface area contributed by atoms with Gasteiger partial charge in [-0.05, 0) is 24.3 Å². The van der Waals surface area contributed by atoms with E-state index in [9.17, 15) is 4.79 Å². The Kier molecular flexibility index (Phi) is 5.02. The number of hydrogen-bond donors (Lipinski definition) is 1. The average Bonchev–Trinajstić information content (AvgIpc) is 2.37. The van der Waals surface area contributed by atoms with Gasteiger partial charge in [-0.2, -0.15) is 5.26 Å². The Hall–Kier alpha value is -2.72. The van der Waals surface area contributed by atoms with Gasteiger partial charge >= 0.3 is 5.97 Å². The molecule has 0 saturated heterocycles. The Morgan fingerprint density at radius 2 is 2.33 bits per heavy atom. The Morgan fingerprint density at radius 3 is 2.94 bits per heavy atom. The highest BCUT2D eigenvalue weighted by Gasteiger charge is 2.01. The lowest BCUT2D eigenvalue weighted by Crippen LogP contribution is -1.90. The van der Waals surface area contributed by atoms with Crippen LogP contribution in [-0.2, 0) is 4.79 Å². The molecular formula is C14H11NO3. The molecule has 0 amide bonds. The van der Waals surface area contributed by atoms with Crippen molar-refractivity contribution in [2.45, 2.75) is 6.42 Å². The second-order valence-corrected chi connectivity index (χ2v) is 3.26. The molecule has 4 heteroatoms. The van der Waals surface area contributed by atoms with Gasteiger partial charge in [-0.15, -0.1) is 0 Å². The van der Waals surface area contributed by atoms with Crippen molar-refractivity contribution >= 4 is 12.0 Å². The summed E-state index contributed by atoms with van der Waals surface area (Å²) >= 11 is 0. The zero-order valence-corrected chi connectivity index (χ0v) is 9.80. The van der Waals surface area contributed by atoms with E-state index in [-0.39, 0.29) is 6.42 Å². The highest BCUT2D eigenvalue weighted by molar-refractivity contribution is 5.86. The lowest BCUT2D eigenvalue weighted by molar-refractivity contribution is -0.131.